The third-order valence-corrected chi connectivity index (χ3v) is 3.13. The molecule has 88 valence electrons. The van der Waals surface area contributed by atoms with E-state index < -0.39 is 5.97 Å². The standard InChI is InChI=1S/C10H16N4O2/c1-10(4-3-5-13(2)7-10)14-6-8(9(15)16)11-12-14/h6H,3-5,7H2,1-2H3,(H,15,16)/t10-/m0/s1. The molecule has 1 saturated heterocycles. The third-order valence-electron chi connectivity index (χ3n) is 3.13. The number of hydrogen-bond acceptors (Lipinski definition) is 4. The van der Waals surface area contributed by atoms with Gasteiger partial charge >= 0.3 is 5.97 Å². The minimum Gasteiger partial charge on any atom is -0.476 e. The van der Waals surface area contributed by atoms with E-state index in [0.29, 0.717) is 0 Å². The lowest BCUT2D eigenvalue weighted by molar-refractivity contribution is 0.0690. The first kappa shape index (κ1) is 11.1. The third kappa shape index (κ3) is 1.92. The molecule has 0 saturated carbocycles. The van der Waals surface area contributed by atoms with Crippen LogP contribution in [0.25, 0.3) is 0 Å². The van der Waals surface area contributed by atoms with Gasteiger partial charge in [0.2, 0.25) is 0 Å². The van der Waals surface area contributed by atoms with Gasteiger partial charge in [-0.1, -0.05) is 5.21 Å². The predicted octanol–water partition coefficient (Wildman–Crippen LogP) is 0.417. The van der Waals surface area contributed by atoms with Gasteiger partial charge < -0.3 is 10.0 Å². The van der Waals surface area contributed by atoms with E-state index in [1.165, 1.54) is 6.20 Å². The van der Waals surface area contributed by atoms with Crippen LogP contribution in [0, 0.1) is 0 Å². The summed E-state index contributed by atoms with van der Waals surface area (Å²) in [5.74, 6) is -1.03. The fraction of sp³-hybridized carbons (Fsp3) is 0.700. The van der Waals surface area contributed by atoms with Crippen molar-refractivity contribution < 1.29 is 9.90 Å². The summed E-state index contributed by atoms with van der Waals surface area (Å²) < 4.78 is 1.69. The van der Waals surface area contributed by atoms with E-state index in [2.05, 4.69) is 29.2 Å². The summed E-state index contributed by atoms with van der Waals surface area (Å²) in [4.78, 5) is 13.0. The first-order chi connectivity index (χ1) is 7.51. The molecule has 16 heavy (non-hydrogen) atoms. The number of aromatic nitrogens is 3. The molecule has 1 fully saturated rings. The highest BCUT2D eigenvalue weighted by Crippen LogP contribution is 2.26. The zero-order valence-electron chi connectivity index (χ0n) is 9.55. The summed E-state index contributed by atoms with van der Waals surface area (Å²) in [6.45, 7) is 4.04. The smallest absolute Gasteiger partial charge is 0.358 e. The molecule has 1 atom stereocenters. The molecule has 1 aromatic heterocycles. The number of likely N-dealkylation sites (N-methyl/N-ethyl adjacent to an activating group) is 1. The van der Waals surface area contributed by atoms with Crippen LogP contribution in [0.5, 0.6) is 0 Å². The minimum atomic E-state index is -1.03. The summed E-state index contributed by atoms with van der Waals surface area (Å²) in [6.07, 6.45) is 3.61. The molecule has 1 aliphatic rings. The number of carbonyl (C=O) groups is 1. The van der Waals surface area contributed by atoms with Crippen LogP contribution in [-0.2, 0) is 5.54 Å². The molecule has 1 aromatic rings. The second kappa shape index (κ2) is 3.86. The van der Waals surface area contributed by atoms with E-state index in [-0.39, 0.29) is 11.2 Å². The van der Waals surface area contributed by atoms with Gasteiger partial charge in [-0.2, -0.15) is 0 Å². The number of likely N-dealkylation sites (tertiary alicyclic amines) is 1. The first-order valence-corrected chi connectivity index (χ1v) is 5.36. The van der Waals surface area contributed by atoms with Gasteiger partial charge in [0, 0.05) is 6.54 Å². The van der Waals surface area contributed by atoms with Gasteiger partial charge in [-0.25, -0.2) is 9.48 Å². The number of rotatable bonds is 2. The first-order valence-electron chi connectivity index (χ1n) is 5.36. The monoisotopic (exact) mass is 224 g/mol. The maximum atomic E-state index is 10.7. The Kier molecular flexibility index (Phi) is 2.67. The summed E-state index contributed by atoms with van der Waals surface area (Å²) in [7, 11) is 2.06. The normalized spacial score (nSPS) is 26.9. The molecule has 0 aliphatic carbocycles. The van der Waals surface area contributed by atoms with Crippen LogP contribution < -0.4 is 0 Å². The van der Waals surface area contributed by atoms with Crippen LogP contribution in [-0.4, -0.2) is 51.1 Å². The zero-order valence-corrected chi connectivity index (χ0v) is 9.55. The van der Waals surface area contributed by atoms with Gasteiger partial charge in [0.1, 0.15) is 0 Å². The van der Waals surface area contributed by atoms with Crippen molar-refractivity contribution in [1.82, 2.24) is 19.9 Å². The molecule has 0 unspecified atom stereocenters. The second-order valence-corrected chi connectivity index (χ2v) is 4.69. The molecular formula is C10H16N4O2. The van der Waals surface area contributed by atoms with E-state index in [1.54, 1.807) is 4.68 Å². The molecule has 0 amide bonds. The molecule has 6 heteroatoms. The van der Waals surface area contributed by atoms with E-state index in [4.69, 9.17) is 5.11 Å². The zero-order chi connectivity index (χ0) is 11.8. The Morgan fingerprint density at radius 2 is 2.38 bits per heavy atom. The van der Waals surface area contributed by atoms with E-state index in [1.807, 2.05) is 0 Å². The number of hydrogen-bond donors (Lipinski definition) is 1. The van der Waals surface area contributed by atoms with Gasteiger partial charge in [-0.05, 0) is 33.4 Å². The Morgan fingerprint density at radius 1 is 1.62 bits per heavy atom. The fourth-order valence-electron chi connectivity index (χ4n) is 2.28. The molecule has 0 aromatic carbocycles. The maximum absolute atomic E-state index is 10.7. The van der Waals surface area contributed by atoms with E-state index in [0.717, 1.165) is 25.9 Å². The van der Waals surface area contributed by atoms with Gasteiger partial charge in [0.15, 0.2) is 5.69 Å². The summed E-state index contributed by atoms with van der Waals surface area (Å²) >= 11 is 0. The molecule has 2 heterocycles. The second-order valence-electron chi connectivity index (χ2n) is 4.69. The quantitative estimate of drug-likeness (QED) is 0.788. The Morgan fingerprint density at radius 3 is 2.94 bits per heavy atom. The topological polar surface area (TPSA) is 71.2 Å². The van der Waals surface area contributed by atoms with Crippen molar-refractivity contribution in [3.05, 3.63) is 11.9 Å². The van der Waals surface area contributed by atoms with Crippen molar-refractivity contribution in [1.29, 1.82) is 0 Å². The van der Waals surface area contributed by atoms with Gasteiger partial charge in [-0.15, -0.1) is 5.10 Å². The fourth-order valence-corrected chi connectivity index (χ4v) is 2.28. The van der Waals surface area contributed by atoms with Crippen LogP contribution in [0.3, 0.4) is 0 Å². The van der Waals surface area contributed by atoms with Crippen LogP contribution in [0.15, 0.2) is 6.20 Å². The summed E-state index contributed by atoms with van der Waals surface area (Å²) in [5, 5.41) is 16.4. The number of nitrogens with zero attached hydrogens (tertiary/aromatic N) is 4. The Balaban J connectivity index is 2.24. The number of carboxylic acid groups (broad SMARTS) is 1. The van der Waals surface area contributed by atoms with Crippen molar-refractivity contribution >= 4 is 5.97 Å². The molecule has 1 N–H and O–H groups in total. The molecule has 0 bridgehead atoms. The number of piperidine rings is 1. The Bertz CT molecular complexity index is 403. The number of aromatic carboxylic acids is 1. The van der Waals surface area contributed by atoms with Crippen LogP contribution in [0.4, 0.5) is 0 Å². The van der Waals surface area contributed by atoms with Crippen LogP contribution >= 0.6 is 0 Å². The SMILES string of the molecule is CN1CCC[C@](C)(n2cc(C(=O)O)nn2)C1. The minimum absolute atomic E-state index is 0.00875. The van der Waals surface area contributed by atoms with Gasteiger partial charge in [0.05, 0.1) is 11.7 Å². The highest BCUT2D eigenvalue weighted by molar-refractivity contribution is 5.84. The lowest BCUT2D eigenvalue weighted by Crippen LogP contribution is -2.46. The summed E-state index contributed by atoms with van der Waals surface area (Å²) in [6, 6.07) is 0. The molecule has 6 nitrogen and oxygen atoms in total. The van der Waals surface area contributed by atoms with Crippen molar-refractivity contribution in [3.8, 4) is 0 Å². The lowest BCUT2D eigenvalue weighted by Gasteiger charge is -2.38. The van der Waals surface area contributed by atoms with Crippen molar-refractivity contribution in [2.75, 3.05) is 20.1 Å². The largest absolute Gasteiger partial charge is 0.476 e. The van der Waals surface area contributed by atoms with Crippen molar-refractivity contribution in [2.45, 2.75) is 25.3 Å². The summed E-state index contributed by atoms with van der Waals surface area (Å²) in [5.41, 5.74) is -0.136. The molecule has 0 radical (unpaired) electrons. The molecule has 2 rings (SSSR count). The highest BCUT2D eigenvalue weighted by atomic mass is 16.4. The van der Waals surface area contributed by atoms with Crippen molar-refractivity contribution in [3.63, 3.8) is 0 Å². The average Bonchev–Trinajstić information content (AvgIpc) is 2.66. The van der Waals surface area contributed by atoms with E-state index in [9.17, 15) is 4.79 Å². The number of carboxylic acids is 1. The maximum Gasteiger partial charge on any atom is 0.358 e. The molecular weight excluding hydrogens is 208 g/mol. The average molecular weight is 224 g/mol. The molecule has 0 spiro atoms. The van der Waals surface area contributed by atoms with Crippen LogP contribution in [0.1, 0.15) is 30.3 Å². The highest BCUT2D eigenvalue weighted by Gasteiger charge is 2.32. The Hall–Kier alpha value is -1.43. The van der Waals surface area contributed by atoms with E-state index >= 15 is 0 Å². The van der Waals surface area contributed by atoms with Gasteiger partial charge in [-0.3, -0.25) is 0 Å². The Labute approximate surface area is 93.9 Å². The molecule has 1 aliphatic heterocycles. The van der Waals surface area contributed by atoms with Crippen LogP contribution in [0.2, 0.25) is 0 Å². The lowest BCUT2D eigenvalue weighted by atomic mass is 9.91. The van der Waals surface area contributed by atoms with Gasteiger partial charge in [0.25, 0.3) is 0 Å². The predicted molar refractivity (Wildman–Crippen MR) is 57.4 cm³/mol. The van der Waals surface area contributed by atoms with Crippen molar-refractivity contribution in [2.24, 2.45) is 0 Å².